The number of nitrogens with zero attached hydrogens (tertiary/aromatic N) is 1. The predicted octanol–water partition coefficient (Wildman–Crippen LogP) is 3.70. The smallest absolute Gasteiger partial charge is 0.253 e. The molecule has 0 unspecified atom stereocenters. The van der Waals surface area contributed by atoms with Crippen molar-refractivity contribution in [2.45, 2.75) is 27.3 Å². The van der Waals surface area contributed by atoms with Gasteiger partial charge in [0, 0.05) is 23.7 Å². The van der Waals surface area contributed by atoms with E-state index in [1.54, 1.807) is 4.90 Å². The molecule has 24 heavy (non-hydrogen) atoms. The average molecular weight is 320 g/mol. The molecule has 4 heteroatoms. The lowest BCUT2D eigenvalue weighted by Crippen LogP contribution is -2.30. The number of anilines is 1. The third-order valence-corrected chi connectivity index (χ3v) is 4.13. The minimum absolute atomic E-state index is 0.0948. The Bertz CT molecular complexity index is 956. The Kier molecular flexibility index (Phi) is 4.21. The van der Waals surface area contributed by atoms with Crippen LogP contribution in [0.3, 0.4) is 0 Å². The Morgan fingerprint density at radius 1 is 1.00 bits per heavy atom. The number of carbonyl (C=O) groups is 1. The highest BCUT2D eigenvalue weighted by atomic mass is 16.2. The first-order valence-corrected chi connectivity index (χ1v) is 7.91. The normalized spacial score (nSPS) is 10.8. The SMILES string of the molecule is CC(=O)N(Cc1cc2cc(C)ccc2[nH]c1=O)c1ccc(C)cc1. The number of nitrogens with one attached hydrogen (secondary N) is 1. The van der Waals surface area contributed by atoms with Crippen molar-refractivity contribution in [1.29, 1.82) is 0 Å². The van der Waals surface area contributed by atoms with E-state index in [1.165, 1.54) is 6.92 Å². The van der Waals surface area contributed by atoms with Crippen LogP contribution in [0.1, 0.15) is 23.6 Å². The number of benzene rings is 2. The van der Waals surface area contributed by atoms with Crippen molar-refractivity contribution in [1.82, 2.24) is 4.98 Å². The molecule has 0 radical (unpaired) electrons. The second-order valence-corrected chi connectivity index (χ2v) is 6.16. The molecule has 3 aromatic rings. The fraction of sp³-hybridized carbons (Fsp3) is 0.200. The first-order valence-electron chi connectivity index (χ1n) is 7.91. The summed E-state index contributed by atoms with van der Waals surface area (Å²) < 4.78 is 0. The van der Waals surface area contributed by atoms with E-state index in [0.29, 0.717) is 5.56 Å². The van der Waals surface area contributed by atoms with Gasteiger partial charge in [-0.3, -0.25) is 9.59 Å². The van der Waals surface area contributed by atoms with Crippen LogP contribution in [-0.2, 0) is 11.3 Å². The minimum Gasteiger partial charge on any atom is -0.322 e. The highest BCUT2D eigenvalue weighted by Crippen LogP contribution is 2.19. The molecule has 4 nitrogen and oxygen atoms in total. The maximum Gasteiger partial charge on any atom is 0.253 e. The molecule has 0 bridgehead atoms. The van der Waals surface area contributed by atoms with E-state index >= 15 is 0 Å². The van der Waals surface area contributed by atoms with Crippen LogP contribution in [0.2, 0.25) is 0 Å². The Labute approximate surface area is 140 Å². The van der Waals surface area contributed by atoms with Crippen molar-refractivity contribution in [3.05, 3.63) is 75.6 Å². The molecule has 0 saturated heterocycles. The fourth-order valence-corrected chi connectivity index (χ4v) is 2.77. The highest BCUT2D eigenvalue weighted by Gasteiger charge is 2.14. The standard InChI is InChI=1S/C20H20N2O2/c1-13-4-7-18(8-5-13)22(15(3)23)12-17-11-16-10-14(2)6-9-19(16)21-20(17)24/h4-11H,12H2,1-3H3,(H,21,24). The molecule has 3 rings (SSSR count). The molecular formula is C20H20N2O2. The van der Waals surface area contributed by atoms with Gasteiger partial charge in [0.15, 0.2) is 0 Å². The molecule has 1 amide bonds. The van der Waals surface area contributed by atoms with Gasteiger partial charge in [-0.2, -0.15) is 0 Å². The summed E-state index contributed by atoms with van der Waals surface area (Å²) in [7, 11) is 0. The number of fused-ring (bicyclic) bond motifs is 1. The van der Waals surface area contributed by atoms with E-state index < -0.39 is 0 Å². The number of aryl methyl sites for hydroxylation is 2. The minimum atomic E-state index is -0.162. The van der Waals surface area contributed by atoms with Gasteiger partial charge in [0.05, 0.1) is 6.54 Å². The van der Waals surface area contributed by atoms with Gasteiger partial charge in [0.1, 0.15) is 0 Å². The summed E-state index contributed by atoms with van der Waals surface area (Å²) in [5.41, 5.74) is 4.26. The molecular weight excluding hydrogens is 300 g/mol. The van der Waals surface area contributed by atoms with E-state index in [9.17, 15) is 9.59 Å². The summed E-state index contributed by atoms with van der Waals surface area (Å²) in [6, 6.07) is 15.5. The average Bonchev–Trinajstić information content (AvgIpc) is 2.54. The van der Waals surface area contributed by atoms with Crippen molar-refractivity contribution in [2.75, 3.05) is 4.90 Å². The number of carbonyl (C=O) groups excluding carboxylic acids is 1. The lowest BCUT2D eigenvalue weighted by molar-refractivity contribution is -0.116. The summed E-state index contributed by atoms with van der Waals surface area (Å²) in [5.74, 6) is -0.0948. The number of amides is 1. The molecule has 0 aliphatic carbocycles. The topological polar surface area (TPSA) is 53.2 Å². The molecule has 1 aromatic heterocycles. The predicted molar refractivity (Wildman–Crippen MR) is 97.3 cm³/mol. The Morgan fingerprint density at radius 3 is 2.33 bits per heavy atom. The van der Waals surface area contributed by atoms with E-state index in [0.717, 1.165) is 27.7 Å². The summed E-state index contributed by atoms with van der Waals surface area (Å²) in [6.07, 6.45) is 0. The van der Waals surface area contributed by atoms with Gasteiger partial charge in [0.25, 0.3) is 5.56 Å². The Hall–Kier alpha value is -2.88. The zero-order valence-corrected chi connectivity index (χ0v) is 14.1. The van der Waals surface area contributed by atoms with E-state index in [1.807, 2.05) is 62.4 Å². The number of hydrogen-bond acceptors (Lipinski definition) is 2. The maximum absolute atomic E-state index is 12.4. The van der Waals surface area contributed by atoms with Crippen LogP contribution in [0.25, 0.3) is 10.9 Å². The van der Waals surface area contributed by atoms with Gasteiger partial charge < -0.3 is 9.88 Å². The first kappa shape index (κ1) is 16.0. The van der Waals surface area contributed by atoms with E-state index in [2.05, 4.69) is 4.98 Å². The molecule has 0 fully saturated rings. The quantitative estimate of drug-likeness (QED) is 0.800. The summed E-state index contributed by atoms with van der Waals surface area (Å²) in [4.78, 5) is 29.0. The van der Waals surface area contributed by atoms with Crippen LogP contribution < -0.4 is 10.5 Å². The van der Waals surface area contributed by atoms with Crippen LogP contribution in [0, 0.1) is 13.8 Å². The van der Waals surface area contributed by atoms with Gasteiger partial charge in [-0.1, -0.05) is 29.3 Å². The molecule has 0 atom stereocenters. The second-order valence-electron chi connectivity index (χ2n) is 6.16. The Morgan fingerprint density at radius 2 is 1.67 bits per heavy atom. The third-order valence-electron chi connectivity index (χ3n) is 4.13. The van der Waals surface area contributed by atoms with Crippen LogP contribution in [0.15, 0.2) is 53.3 Å². The monoisotopic (exact) mass is 320 g/mol. The van der Waals surface area contributed by atoms with Gasteiger partial charge in [-0.25, -0.2) is 0 Å². The molecule has 0 aliphatic rings. The largest absolute Gasteiger partial charge is 0.322 e. The molecule has 122 valence electrons. The number of rotatable bonds is 3. The van der Waals surface area contributed by atoms with Gasteiger partial charge in [-0.05, 0) is 49.6 Å². The first-order chi connectivity index (χ1) is 11.4. The summed E-state index contributed by atoms with van der Waals surface area (Å²) in [6.45, 7) is 5.77. The van der Waals surface area contributed by atoms with E-state index in [-0.39, 0.29) is 18.0 Å². The van der Waals surface area contributed by atoms with Gasteiger partial charge >= 0.3 is 0 Å². The van der Waals surface area contributed by atoms with Crippen LogP contribution >= 0.6 is 0 Å². The molecule has 1 N–H and O–H groups in total. The lowest BCUT2D eigenvalue weighted by Gasteiger charge is -2.21. The van der Waals surface area contributed by atoms with E-state index in [4.69, 9.17) is 0 Å². The van der Waals surface area contributed by atoms with Crippen molar-refractivity contribution >= 4 is 22.5 Å². The second kappa shape index (κ2) is 6.32. The third kappa shape index (κ3) is 3.23. The molecule has 0 saturated carbocycles. The molecule has 1 heterocycles. The van der Waals surface area contributed by atoms with Crippen LogP contribution in [0.4, 0.5) is 5.69 Å². The van der Waals surface area contributed by atoms with Crippen molar-refractivity contribution in [2.24, 2.45) is 0 Å². The van der Waals surface area contributed by atoms with Crippen molar-refractivity contribution in [3.8, 4) is 0 Å². The van der Waals surface area contributed by atoms with Crippen LogP contribution in [-0.4, -0.2) is 10.9 Å². The molecule has 0 spiro atoms. The number of pyridine rings is 1. The van der Waals surface area contributed by atoms with Crippen molar-refractivity contribution < 1.29 is 4.79 Å². The fourth-order valence-electron chi connectivity index (χ4n) is 2.77. The van der Waals surface area contributed by atoms with Gasteiger partial charge in [0.2, 0.25) is 5.91 Å². The summed E-state index contributed by atoms with van der Waals surface area (Å²) >= 11 is 0. The number of aromatic amines is 1. The number of aromatic nitrogens is 1. The number of H-pyrrole nitrogens is 1. The summed E-state index contributed by atoms with van der Waals surface area (Å²) in [5, 5.41) is 0.969. The Balaban J connectivity index is 2.02. The lowest BCUT2D eigenvalue weighted by atomic mass is 10.1. The highest BCUT2D eigenvalue weighted by molar-refractivity contribution is 5.91. The maximum atomic E-state index is 12.4. The van der Waals surface area contributed by atoms with Crippen molar-refractivity contribution in [3.63, 3.8) is 0 Å². The molecule has 2 aromatic carbocycles. The zero-order valence-electron chi connectivity index (χ0n) is 14.1. The van der Waals surface area contributed by atoms with Crippen LogP contribution in [0.5, 0.6) is 0 Å². The van der Waals surface area contributed by atoms with Gasteiger partial charge in [-0.15, -0.1) is 0 Å². The number of hydrogen-bond donors (Lipinski definition) is 1. The zero-order chi connectivity index (χ0) is 17.3. The molecule has 0 aliphatic heterocycles.